The SMILES string of the molecule is CCNC(=NCCCN(C)C)NC1CCN(C(=O)OC(C)(C)C)CC1. The molecule has 0 atom stereocenters. The summed E-state index contributed by atoms with van der Waals surface area (Å²) < 4.78 is 5.44. The van der Waals surface area contributed by atoms with E-state index in [0.717, 1.165) is 44.9 Å². The molecular formula is C18H37N5O2. The second-order valence-corrected chi connectivity index (χ2v) is 7.80. The molecule has 1 rings (SSSR count). The molecule has 0 bridgehead atoms. The Labute approximate surface area is 153 Å². The van der Waals surface area contributed by atoms with Crippen LogP contribution in [0.2, 0.25) is 0 Å². The van der Waals surface area contributed by atoms with E-state index in [1.807, 2.05) is 20.8 Å². The Morgan fingerprint density at radius 1 is 1.28 bits per heavy atom. The van der Waals surface area contributed by atoms with Gasteiger partial charge in [-0.3, -0.25) is 4.99 Å². The fourth-order valence-electron chi connectivity index (χ4n) is 2.62. The van der Waals surface area contributed by atoms with Crippen LogP contribution >= 0.6 is 0 Å². The highest BCUT2D eigenvalue weighted by atomic mass is 16.6. The van der Waals surface area contributed by atoms with E-state index in [1.54, 1.807) is 4.90 Å². The van der Waals surface area contributed by atoms with Crippen LogP contribution in [0.25, 0.3) is 0 Å². The summed E-state index contributed by atoms with van der Waals surface area (Å²) in [5.41, 5.74) is -0.441. The van der Waals surface area contributed by atoms with Gasteiger partial charge in [-0.1, -0.05) is 0 Å². The van der Waals surface area contributed by atoms with Crippen LogP contribution in [0.5, 0.6) is 0 Å². The number of carbonyl (C=O) groups is 1. The van der Waals surface area contributed by atoms with Gasteiger partial charge in [-0.05, 0) is 67.6 Å². The maximum Gasteiger partial charge on any atom is 0.410 e. The Hall–Kier alpha value is -1.50. The lowest BCUT2D eigenvalue weighted by Gasteiger charge is -2.34. The molecule has 2 N–H and O–H groups in total. The van der Waals surface area contributed by atoms with E-state index in [0.29, 0.717) is 19.1 Å². The van der Waals surface area contributed by atoms with Gasteiger partial charge in [0, 0.05) is 32.2 Å². The van der Waals surface area contributed by atoms with Gasteiger partial charge in [-0.15, -0.1) is 0 Å². The minimum Gasteiger partial charge on any atom is -0.444 e. The Morgan fingerprint density at radius 3 is 2.44 bits per heavy atom. The van der Waals surface area contributed by atoms with Gasteiger partial charge in [0.15, 0.2) is 5.96 Å². The molecule has 146 valence electrons. The van der Waals surface area contributed by atoms with Crippen LogP contribution < -0.4 is 10.6 Å². The van der Waals surface area contributed by atoms with Crippen molar-refractivity contribution in [2.75, 3.05) is 46.8 Å². The number of guanidine groups is 1. The molecule has 1 aliphatic rings. The van der Waals surface area contributed by atoms with Crippen LogP contribution in [-0.4, -0.2) is 80.3 Å². The van der Waals surface area contributed by atoms with Gasteiger partial charge in [-0.2, -0.15) is 0 Å². The van der Waals surface area contributed by atoms with Crippen molar-refractivity contribution in [3.05, 3.63) is 0 Å². The molecule has 0 saturated carbocycles. The van der Waals surface area contributed by atoms with Crippen molar-refractivity contribution in [2.24, 2.45) is 4.99 Å². The number of nitrogens with zero attached hydrogens (tertiary/aromatic N) is 3. The van der Waals surface area contributed by atoms with E-state index in [1.165, 1.54) is 0 Å². The van der Waals surface area contributed by atoms with E-state index >= 15 is 0 Å². The molecule has 0 unspecified atom stereocenters. The third-order valence-corrected chi connectivity index (χ3v) is 3.87. The van der Waals surface area contributed by atoms with E-state index in [2.05, 4.69) is 41.5 Å². The molecule has 1 aliphatic heterocycles. The molecule has 1 fully saturated rings. The van der Waals surface area contributed by atoms with Crippen molar-refractivity contribution >= 4 is 12.1 Å². The third-order valence-electron chi connectivity index (χ3n) is 3.87. The molecule has 0 aliphatic carbocycles. The number of likely N-dealkylation sites (tertiary alicyclic amines) is 1. The average Bonchev–Trinajstić information content (AvgIpc) is 2.50. The fourth-order valence-corrected chi connectivity index (χ4v) is 2.62. The molecule has 0 aromatic carbocycles. The topological polar surface area (TPSA) is 69.2 Å². The maximum atomic E-state index is 12.1. The highest BCUT2D eigenvalue weighted by molar-refractivity contribution is 5.80. The minimum absolute atomic E-state index is 0.213. The summed E-state index contributed by atoms with van der Waals surface area (Å²) in [6.07, 6.45) is 2.64. The zero-order chi connectivity index (χ0) is 18.9. The lowest BCUT2D eigenvalue weighted by atomic mass is 10.1. The van der Waals surface area contributed by atoms with Crippen LogP contribution in [0.1, 0.15) is 47.0 Å². The molecule has 0 spiro atoms. The molecule has 7 heteroatoms. The Balaban J connectivity index is 2.41. The van der Waals surface area contributed by atoms with E-state index in [4.69, 9.17) is 4.74 Å². The van der Waals surface area contributed by atoms with Crippen molar-refractivity contribution < 1.29 is 9.53 Å². The second kappa shape index (κ2) is 10.5. The van der Waals surface area contributed by atoms with Crippen LogP contribution in [0.15, 0.2) is 4.99 Å². The lowest BCUT2D eigenvalue weighted by Crippen LogP contribution is -2.50. The number of piperidine rings is 1. The first kappa shape index (κ1) is 21.5. The quantitative estimate of drug-likeness (QED) is 0.433. The van der Waals surface area contributed by atoms with Crippen LogP contribution in [0.3, 0.4) is 0 Å². The number of ether oxygens (including phenoxy) is 1. The summed E-state index contributed by atoms with van der Waals surface area (Å²) in [6, 6.07) is 0.338. The molecule has 1 saturated heterocycles. The second-order valence-electron chi connectivity index (χ2n) is 7.80. The lowest BCUT2D eigenvalue weighted by molar-refractivity contribution is 0.0202. The number of hydrogen-bond acceptors (Lipinski definition) is 4. The molecule has 0 radical (unpaired) electrons. The Morgan fingerprint density at radius 2 is 1.92 bits per heavy atom. The normalized spacial score (nSPS) is 16.9. The molecule has 7 nitrogen and oxygen atoms in total. The van der Waals surface area contributed by atoms with Gasteiger partial charge in [0.1, 0.15) is 5.60 Å². The summed E-state index contributed by atoms with van der Waals surface area (Å²) >= 11 is 0. The molecule has 1 amide bonds. The molecule has 25 heavy (non-hydrogen) atoms. The van der Waals surface area contributed by atoms with Crippen molar-refractivity contribution in [1.29, 1.82) is 0 Å². The van der Waals surface area contributed by atoms with Crippen LogP contribution in [0.4, 0.5) is 4.79 Å². The maximum absolute atomic E-state index is 12.1. The van der Waals surface area contributed by atoms with E-state index < -0.39 is 5.60 Å². The van der Waals surface area contributed by atoms with E-state index in [9.17, 15) is 4.79 Å². The molecular weight excluding hydrogens is 318 g/mol. The fraction of sp³-hybridized carbons (Fsp3) is 0.889. The van der Waals surface area contributed by atoms with Gasteiger partial charge in [-0.25, -0.2) is 4.79 Å². The summed E-state index contributed by atoms with van der Waals surface area (Å²) in [5, 5.41) is 6.80. The average molecular weight is 356 g/mol. The highest BCUT2D eigenvalue weighted by Crippen LogP contribution is 2.15. The monoisotopic (exact) mass is 355 g/mol. The number of aliphatic imine (C=N–C) groups is 1. The van der Waals surface area contributed by atoms with Crippen LogP contribution in [-0.2, 0) is 4.74 Å². The van der Waals surface area contributed by atoms with Gasteiger partial charge in [0.05, 0.1) is 0 Å². The number of carbonyl (C=O) groups excluding carboxylic acids is 1. The van der Waals surface area contributed by atoms with Crippen LogP contribution in [0, 0.1) is 0 Å². The number of amides is 1. The summed E-state index contributed by atoms with van der Waals surface area (Å²) in [5.74, 6) is 0.872. The predicted molar refractivity (Wildman–Crippen MR) is 103 cm³/mol. The first-order valence-electron chi connectivity index (χ1n) is 9.38. The van der Waals surface area contributed by atoms with Crippen molar-refractivity contribution in [2.45, 2.75) is 58.6 Å². The first-order valence-corrected chi connectivity index (χ1v) is 9.38. The van der Waals surface area contributed by atoms with Gasteiger partial charge >= 0.3 is 6.09 Å². The Kier molecular flexibility index (Phi) is 9.03. The predicted octanol–water partition coefficient (Wildman–Crippen LogP) is 1.89. The van der Waals surface area contributed by atoms with E-state index in [-0.39, 0.29) is 6.09 Å². The first-order chi connectivity index (χ1) is 11.7. The standard InChI is InChI=1S/C18H37N5O2/c1-7-19-16(20-11-8-12-22(5)6)21-15-9-13-23(14-10-15)17(24)25-18(2,3)4/h15H,7-14H2,1-6H3,(H2,19,20,21). The number of hydrogen-bond donors (Lipinski definition) is 2. The molecule has 1 heterocycles. The molecule has 0 aromatic rings. The van der Waals surface area contributed by atoms with Gasteiger partial charge in [0.2, 0.25) is 0 Å². The third kappa shape index (κ3) is 9.53. The van der Waals surface area contributed by atoms with Crippen molar-refractivity contribution in [3.8, 4) is 0 Å². The van der Waals surface area contributed by atoms with Crippen molar-refractivity contribution in [1.82, 2.24) is 20.4 Å². The van der Waals surface area contributed by atoms with Crippen molar-refractivity contribution in [3.63, 3.8) is 0 Å². The van der Waals surface area contributed by atoms with Gasteiger partial charge in [0.25, 0.3) is 0 Å². The highest BCUT2D eigenvalue weighted by Gasteiger charge is 2.27. The zero-order valence-electron chi connectivity index (χ0n) is 16.9. The minimum atomic E-state index is -0.441. The smallest absolute Gasteiger partial charge is 0.410 e. The summed E-state index contributed by atoms with van der Waals surface area (Å²) in [6.45, 7) is 11.9. The summed E-state index contributed by atoms with van der Waals surface area (Å²) in [4.78, 5) is 20.7. The number of nitrogens with one attached hydrogen (secondary N) is 2. The zero-order valence-corrected chi connectivity index (χ0v) is 16.9. The Bertz CT molecular complexity index is 424. The summed E-state index contributed by atoms with van der Waals surface area (Å²) in [7, 11) is 4.15. The largest absolute Gasteiger partial charge is 0.444 e. The molecule has 0 aromatic heterocycles. The number of rotatable bonds is 6. The van der Waals surface area contributed by atoms with Gasteiger partial charge < -0.3 is 25.2 Å².